The first-order chi connectivity index (χ1) is 15.1. The summed E-state index contributed by atoms with van der Waals surface area (Å²) in [6.45, 7) is 6.95. The van der Waals surface area contributed by atoms with Crippen LogP contribution in [0.25, 0.3) is 10.8 Å². The molecule has 0 radical (unpaired) electrons. The van der Waals surface area contributed by atoms with Crippen molar-refractivity contribution in [3.63, 3.8) is 0 Å². The van der Waals surface area contributed by atoms with Gasteiger partial charge in [-0.3, -0.25) is 4.79 Å². The Bertz CT molecular complexity index is 1240. The fourth-order valence-electron chi connectivity index (χ4n) is 3.20. The van der Waals surface area contributed by atoms with E-state index in [4.69, 9.17) is 4.74 Å². The number of carbonyl (C=O) groups is 1. The molecule has 0 fully saturated rings. The second-order valence-corrected chi connectivity index (χ2v) is 9.55. The molecule has 0 atom stereocenters. The Kier molecular flexibility index (Phi) is 6.96. The van der Waals surface area contributed by atoms with Crippen LogP contribution in [0.15, 0.2) is 73.3 Å². The van der Waals surface area contributed by atoms with Gasteiger partial charge in [0.15, 0.2) is 0 Å². The van der Waals surface area contributed by atoms with Crippen molar-refractivity contribution in [3.8, 4) is 5.75 Å². The molecule has 0 aromatic heterocycles. The zero-order chi connectivity index (χ0) is 23.4. The van der Waals surface area contributed by atoms with Gasteiger partial charge in [0.1, 0.15) is 23.7 Å². The summed E-state index contributed by atoms with van der Waals surface area (Å²) in [5.74, 6) is -0.697. The maximum Gasteiger partial charge on any atom is 0.245 e. The van der Waals surface area contributed by atoms with Gasteiger partial charge in [-0.15, -0.1) is 0 Å². The third-order valence-electron chi connectivity index (χ3n) is 4.74. The third kappa shape index (κ3) is 5.72. The fraction of sp³-hybridized carbons (Fsp3) is 0.208. The molecule has 3 aromatic rings. The zero-order valence-corrected chi connectivity index (χ0v) is 18.7. The number of anilines is 1. The first-order valence-corrected chi connectivity index (χ1v) is 11.6. The van der Waals surface area contributed by atoms with Crippen LogP contribution in [0, 0.1) is 5.82 Å². The minimum atomic E-state index is -3.86. The maximum absolute atomic E-state index is 13.1. The van der Waals surface area contributed by atoms with E-state index < -0.39 is 27.3 Å². The van der Waals surface area contributed by atoms with Crippen LogP contribution in [0.1, 0.15) is 19.4 Å². The summed E-state index contributed by atoms with van der Waals surface area (Å²) in [6, 6.07) is 16.0. The smallest absolute Gasteiger partial charge is 0.245 e. The van der Waals surface area contributed by atoms with Crippen molar-refractivity contribution >= 4 is 32.4 Å². The highest BCUT2D eigenvalue weighted by Crippen LogP contribution is 2.32. The molecule has 6 nitrogen and oxygen atoms in total. The van der Waals surface area contributed by atoms with E-state index in [2.05, 4.69) is 16.6 Å². The molecule has 1 amide bonds. The van der Waals surface area contributed by atoms with E-state index in [9.17, 15) is 17.6 Å². The number of hydrogen-bond donors (Lipinski definition) is 2. The lowest BCUT2D eigenvalue weighted by atomic mass is 10.0. The van der Waals surface area contributed by atoms with Crippen molar-refractivity contribution in [2.24, 2.45) is 0 Å². The molecular formula is C24H25FN2O4S. The van der Waals surface area contributed by atoms with Gasteiger partial charge in [-0.25, -0.2) is 12.8 Å². The van der Waals surface area contributed by atoms with Crippen LogP contribution in [0.5, 0.6) is 5.75 Å². The Morgan fingerprint density at radius 3 is 2.38 bits per heavy atom. The number of nitrogens with one attached hydrogen (secondary N) is 2. The Hall–Kier alpha value is -3.23. The number of sulfonamides is 1. The van der Waals surface area contributed by atoms with Crippen LogP contribution >= 0.6 is 0 Å². The van der Waals surface area contributed by atoms with Crippen molar-refractivity contribution in [2.75, 3.05) is 11.9 Å². The van der Waals surface area contributed by atoms with Gasteiger partial charge in [0.05, 0.1) is 5.75 Å². The number of fused-ring (bicyclic) bond motifs is 1. The molecule has 3 aromatic carbocycles. The summed E-state index contributed by atoms with van der Waals surface area (Å²) in [6.07, 6.45) is 1.64. The quantitative estimate of drug-likeness (QED) is 0.468. The van der Waals surface area contributed by atoms with Gasteiger partial charge in [-0.1, -0.05) is 49.1 Å². The Morgan fingerprint density at radius 1 is 1.06 bits per heavy atom. The summed E-state index contributed by atoms with van der Waals surface area (Å²) in [5, 5.41) is 4.38. The Balaban J connectivity index is 1.79. The Labute approximate surface area is 187 Å². The molecule has 0 aliphatic rings. The Morgan fingerprint density at radius 2 is 1.72 bits per heavy atom. The third-order valence-corrected chi connectivity index (χ3v) is 6.27. The largest absolute Gasteiger partial charge is 0.489 e. The molecule has 0 heterocycles. The number of hydrogen-bond acceptors (Lipinski definition) is 4. The number of benzene rings is 3. The lowest BCUT2D eigenvalue weighted by molar-refractivity contribution is -0.120. The topological polar surface area (TPSA) is 84.5 Å². The van der Waals surface area contributed by atoms with Gasteiger partial charge in [-0.2, -0.15) is 4.72 Å². The molecule has 0 unspecified atom stereocenters. The number of amides is 1. The van der Waals surface area contributed by atoms with Crippen molar-refractivity contribution in [2.45, 2.75) is 25.1 Å². The van der Waals surface area contributed by atoms with Crippen LogP contribution in [-0.4, -0.2) is 26.5 Å². The van der Waals surface area contributed by atoms with E-state index in [1.165, 1.54) is 38.1 Å². The van der Waals surface area contributed by atoms with Crippen molar-refractivity contribution in [1.29, 1.82) is 0 Å². The van der Waals surface area contributed by atoms with Gasteiger partial charge < -0.3 is 10.1 Å². The van der Waals surface area contributed by atoms with Crippen LogP contribution in [0.3, 0.4) is 0 Å². The van der Waals surface area contributed by atoms with Crippen LogP contribution < -0.4 is 14.8 Å². The van der Waals surface area contributed by atoms with E-state index in [0.29, 0.717) is 23.6 Å². The number of halogens is 1. The minimum absolute atomic E-state index is 0.346. The summed E-state index contributed by atoms with van der Waals surface area (Å²) < 4.78 is 46.4. The number of carbonyl (C=O) groups excluding carboxylic acids is 1. The van der Waals surface area contributed by atoms with E-state index in [-0.39, 0.29) is 5.75 Å². The molecule has 0 aliphatic carbocycles. The predicted molar refractivity (Wildman–Crippen MR) is 125 cm³/mol. The van der Waals surface area contributed by atoms with E-state index >= 15 is 0 Å². The molecule has 0 aliphatic heterocycles. The molecular weight excluding hydrogens is 431 g/mol. The molecule has 0 spiro atoms. The number of ether oxygens (including phenoxy) is 1. The second kappa shape index (κ2) is 9.50. The highest BCUT2D eigenvalue weighted by Gasteiger charge is 2.33. The van der Waals surface area contributed by atoms with Crippen molar-refractivity contribution in [3.05, 3.63) is 84.7 Å². The van der Waals surface area contributed by atoms with Gasteiger partial charge in [0, 0.05) is 16.5 Å². The standard InChI is InChI=1S/C24H25FN2O4S/c1-4-15-31-22-14-13-21(19-7-5-6-8-20(19)22)26-23(28)24(2,3)27-32(29,30)16-17-9-11-18(25)12-10-17/h4-14,27H,1,15-16H2,2-3H3,(H,26,28). The van der Waals surface area contributed by atoms with Crippen molar-refractivity contribution in [1.82, 2.24) is 4.72 Å². The van der Waals surface area contributed by atoms with Gasteiger partial charge >= 0.3 is 0 Å². The predicted octanol–water partition coefficient (Wildman–Crippen LogP) is 4.38. The molecule has 168 valence electrons. The average Bonchev–Trinajstić information content (AvgIpc) is 2.74. The lowest BCUT2D eigenvalue weighted by Crippen LogP contribution is -2.52. The molecule has 32 heavy (non-hydrogen) atoms. The molecule has 0 saturated carbocycles. The normalized spacial score (nSPS) is 11.8. The molecule has 0 bridgehead atoms. The highest BCUT2D eigenvalue weighted by molar-refractivity contribution is 7.88. The van der Waals surface area contributed by atoms with Gasteiger partial charge in [0.25, 0.3) is 0 Å². The summed E-state index contributed by atoms with van der Waals surface area (Å²) in [5.41, 5.74) is -0.489. The van der Waals surface area contributed by atoms with E-state index in [1.54, 1.807) is 18.2 Å². The molecule has 2 N–H and O–H groups in total. The van der Waals surface area contributed by atoms with Crippen molar-refractivity contribution < 1.29 is 22.3 Å². The van der Waals surface area contributed by atoms with Gasteiger partial charge in [0.2, 0.25) is 15.9 Å². The van der Waals surface area contributed by atoms with E-state index in [0.717, 1.165) is 10.8 Å². The fourth-order valence-corrected chi connectivity index (χ4v) is 4.78. The first kappa shape index (κ1) is 23.4. The summed E-state index contributed by atoms with van der Waals surface area (Å²) in [7, 11) is -3.86. The number of rotatable bonds is 9. The second-order valence-electron chi connectivity index (χ2n) is 7.82. The van der Waals surface area contributed by atoms with E-state index in [1.807, 2.05) is 24.3 Å². The summed E-state index contributed by atoms with van der Waals surface area (Å²) >= 11 is 0. The average molecular weight is 457 g/mol. The molecule has 0 saturated heterocycles. The monoisotopic (exact) mass is 456 g/mol. The maximum atomic E-state index is 13.1. The van der Waals surface area contributed by atoms with Gasteiger partial charge in [-0.05, 0) is 43.7 Å². The first-order valence-electron chi connectivity index (χ1n) is 9.94. The zero-order valence-electron chi connectivity index (χ0n) is 17.9. The molecule has 3 rings (SSSR count). The van der Waals surface area contributed by atoms with Crippen LogP contribution in [-0.2, 0) is 20.6 Å². The molecule has 8 heteroatoms. The summed E-state index contributed by atoms with van der Waals surface area (Å²) in [4.78, 5) is 13.0. The lowest BCUT2D eigenvalue weighted by Gasteiger charge is -2.25. The van der Waals surface area contributed by atoms with Crippen LogP contribution in [0.4, 0.5) is 10.1 Å². The minimum Gasteiger partial charge on any atom is -0.489 e. The SMILES string of the molecule is C=CCOc1ccc(NC(=O)C(C)(C)NS(=O)(=O)Cc2ccc(F)cc2)c2ccccc12. The highest BCUT2D eigenvalue weighted by atomic mass is 32.2. The van der Waals surface area contributed by atoms with Crippen LogP contribution in [0.2, 0.25) is 0 Å².